The van der Waals surface area contributed by atoms with Gasteiger partial charge in [0.2, 0.25) is 0 Å². The molecule has 32 heavy (non-hydrogen) atoms. The van der Waals surface area contributed by atoms with Crippen molar-refractivity contribution in [1.29, 1.82) is 0 Å². The summed E-state index contributed by atoms with van der Waals surface area (Å²) in [6.07, 6.45) is 0.728. The largest absolute Gasteiger partial charge is 0.543 e. The van der Waals surface area contributed by atoms with Gasteiger partial charge in [-0.15, -0.1) is 0 Å². The summed E-state index contributed by atoms with van der Waals surface area (Å²) < 4.78 is 11.8. The van der Waals surface area contributed by atoms with E-state index in [0.717, 1.165) is 0 Å². The molecule has 1 unspecified atom stereocenters. The molecule has 0 saturated carbocycles. The Morgan fingerprint density at radius 1 is 1.06 bits per heavy atom. The number of benzene rings is 1. The summed E-state index contributed by atoms with van der Waals surface area (Å²) in [5.41, 5.74) is -1.58. The molecule has 0 radical (unpaired) electrons. The van der Waals surface area contributed by atoms with E-state index < -0.39 is 25.7 Å². The first-order valence-electron chi connectivity index (χ1n) is 11.3. The number of amides is 2. The van der Waals surface area contributed by atoms with Crippen LogP contribution in [0.2, 0.25) is 18.1 Å². The zero-order valence-electron chi connectivity index (χ0n) is 20.9. The number of para-hydroxylation sites is 1. The Morgan fingerprint density at radius 2 is 1.69 bits per heavy atom. The first kappa shape index (κ1) is 26.2. The summed E-state index contributed by atoms with van der Waals surface area (Å²) in [4.78, 5) is 27.1. The number of hydrogen-bond acceptors (Lipinski definition) is 5. The fourth-order valence-electron chi connectivity index (χ4n) is 3.20. The van der Waals surface area contributed by atoms with Gasteiger partial charge < -0.3 is 24.5 Å². The van der Waals surface area contributed by atoms with Gasteiger partial charge >= 0.3 is 6.09 Å². The predicted octanol–water partition coefficient (Wildman–Crippen LogP) is 4.91. The van der Waals surface area contributed by atoms with Gasteiger partial charge in [0.25, 0.3) is 14.2 Å². The van der Waals surface area contributed by atoms with Crippen LogP contribution in [0.5, 0.6) is 5.75 Å². The van der Waals surface area contributed by atoms with Crippen molar-refractivity contribution in [2.75, 3.05) is 13.1 Å². The molecule has 180 valence electrons. The summed E-state index contributed by atoms with van der Waals surface area (Å²) in [7, 11) is -2.14. The quantitative estimate of drug-likeness (QED) is 0.488. The van der Waals surface area contributed by atoms with E-state index >= 15 is 0 Å². The van der Waals surface area contributed by atoms with Crippen molar-refractivity contribution in [2.24, 2.45) is 0 Å². The maximum absolute atomic E-state index is 13.1. The lowest BCUT2D eigenvalue weighted by Gasteiger charge is -2.37. The van der Waals surface area contributed by atoms with Gasteiger partial charge in [-0.1, -0.05) is 32.9 Å². The van der Waals surface area contributed by atoms with Gasteiger partial charge in [-0.3, -0.25) is 4.79 Å². The Morgan fingerprint density at radius 3 is 2.28 bits per heavy atom. The van der Waals surface area contributed by atoms with Crippen LogP contribution in [0.3, 0.4) is 0 Å². The number of nitrogens with one attached hydrogen (secondary N) is 1. The summed E-state index contributed by atoms with van der Waals surface area (Å²) in [5.74, 6) is 0.150. The molecule has 1 aliphatic rings. The highest BCUT2D eigenvalue weighted by Gasteiger charge is 2.40. The Balaban J connectivity index is 2.12. The molecule has 8 heteroatoms. The van der Waals surface area contributed by atoms with E-state index in [2.05, 4.69) is 39.2 Å². The van der Waals surface area contributed by atoms with Crippen molar-refractivity contribution in [3.8, 4) is 5.75 Å². The topological polar surface area (TPSA) is 88.1 Å². The Kier molecular flexibility index (Phi) is 7.72. The van der Waals surface area contributed by atoms with E-state index in [1.54, 1.807) is 23.1 Å². The standard InChI is InChI=1S/C24H40N2O5Si/c1-22(2,3)30-21(28)26-16-11-14-24(29,15-17-26)25-20(27)18-12-9-10-13-19(18)31-32(7,8)23(4,5)6/h9-10,12-13,29H,11,14-17H2,1-8H3,(H,25,27). The predicted molar refractivity (Wildman–Crippen MR) is 128 cm³/mol. The number of nitrogens with zero attached hydrogens (tertiary/aromatic N) is 1. The number of ether oxygens (including phenoxy) is 1. The summed E-state index contributed by atoms with van der Waals surface area (Å²) in [6.45, 7) is 16.9. The minimum atomic E-state index is -2.14. The van der Waals surface area contributed by atoms with E-state index in [0.29, 0.717) is 37.2 Å². The SMILES string of the molecule is CC(C)(C)OC(=O)N1CCCC(O)(NC(=O)c2ccccc2O[Si](C)(C)C(C)(C)C)CC1. The molecule has 0 aromatic heterocycles. The van der Waals surface area contributed by atoms with E-state index in [9.17, 15) is 14.7 Å². The van der Waals surface area contributed by atoms with Crippen LogP contribution in [-0.2, 0) is 4.74 Å². The molecule has 1 aromatic carbocycles. The van der Waals surface area contributed by atoms with Gasteiger partial charge in [0.15, 0.2) is 0 Å². The molecular weight excluding hydrogens is 424 g/mol. The minimum absolute atomic E-state index is 0.0127. The van der Waals surface area contributed by atoms with Gasteiger partial charge in [0.1, 0.15) is 17.1 Å². The van der Waals surface area contributed by atoms with Gasteiger partial charge in [-0.05, 0) is 63.9 Å². The van der Waals surface area contributed by atoms with Crippen LogP contribution in [-0.4, -0.2) is 54.7 Å². The van der Waals surface area contributed by atoms with Gasteiger partial charge in [0, 0.05) is 19.5 Å². The molecule has 7 nitrogen and oxygen atoms in total. The first-order valence-corrected chi connectivity index (χ1v) is 14.2. The monoisotopic (exact) mass is 464 g/mol. The third-order valence-corrected chi connectivity index (χ3v) is 10.5. The third kappa shape index (κ3) is 6.97. The number of rotatable bonds is 4. The number of carbonyl (C=O) groups excluding carboxylic acids is 2. The number of aliphatic hydroxyl groups is 1. The molecule has 1 aromatic rings. The second-order valence-corrected chi connectivity index (χ2v) is 15.9. The number of hydrogen-bond donors (Lipinski definition) is 2. The van der Waals surface area contributed by atoms with E-state index in [1.165, 1.54) is 0 Å². The van der Waals surface area contributed by atoms with Crippen LogP contribution < -0.4 is 9.74 Å². The van der Waals surface area contributed by atoms with Crippen LogP contribution in [0.1, 0.15) is 71.2 Å². The van der Waals surface area contributed by atoms with Crippen LogP contribution in [0.25, 0.3) is 0 Å². The molecular formula is C24H40N2O5Si. The zero-order chi connectivity index (χ0) is 24.4. The molecule has 2 amide bonds. The first-order chi connectivity index (χ1) is 14.5. The minimum Gasteiger partial charge on any atom is -0.543 e. The maximum atomic E-state index is 13.1. The zero-order valence-corrected chi connectivity index (χ0v) is 21.9. The van der Waals surface area contributed by atoms with Gasteiger partial charge in [0.05, 0.1) is 5.56 Å². The van der Waals surface area contributed by atoms with Crippen LogP contribution in [0.4, 0.5) is 4.79 Å². The molecule has 1 fully saturated rings. The average molecular weight is 465 g/mol. The number of carbonyl (C=O) groups is 2. The highest BCUT2D eigenvalue weighted by molar-refractivity contribution is 6.74. The fraction of sp³-hybridized carbons (Fsp3) is 0.667. The lowest BCUT2D eigenvalue weighted by Crippen LogP contribution is -2.49. The molecule has 1 heterocycles. The third-order valence-electron chi connectivity index (χ3n) is 6.11. The lowest BCUT2D eigenvalue weighted by atomic mass is 10.0. The molecule has 2 rings (SSSR count). The Hall–Kier alpha value is -2.06. The summed E-state index contributed by atoms with van der Waals surface area (Å²) in [6, 6.07) is 7.15. The Bertz CT molecular complexity index is 828. The van der Waals surface area contributed by atoms with Crippen molar-refractivity contribution in [3.63, 3.8) is 0 Å². The molecule has 2 N–H and O–H groups in total. The van der Waals surface area contributed by atoms with Crippen molar-refractivity contribution in [1.82, 2.24) is 10.2 Å². The van der Waals surface area contributed by atoms with Gasteiger partial charge in [-0.25, -0.2) is 4.79 Å². The average Bonchev–Trinajstić information content (AvgIpc) is 2.81. The lowest BCUT2D eigenvalue weighted by molar-refractivity contribution is -0.00606. The fourth-order valence-corrected chi connectivity index (χ4v) is 4.24. The normalized spacial score (nSPS) is 20.3. The molecule has 0 aliphatic carbocycles. The second kappa shape index (κ2) is 9.43. The van der Waals surface area contributed by atoms with Crippen LogP contribution in [0.15, 0.2) is 24.3 Å². The van der Waals surface area contributed by atoms with Crippen LogP contribution in [0, 0.1) is 0 Å². The highest BCUT2D eigenvalue weighted by Crippen LogP contribution is 2.38. The number of likely N-dealkylation sites (tertiary alicyclic amines) is 1. The van der Waals surface area contributed by atoms with E-state index in [4.69, 9.17) is 9.16 Å². The maximum Gasteiger partial charge on any atom is 0.410 e. The van der Waals surface area contributed by atoms with Crippen LogP contribution >= 0.6 is 0 Å². The second-order valence-electron chi connectivity index (χ2n) is 11.2. The highest BCUT2D eigenvalue weighted by atomic mass is 28.4. The van der Waals surface area contributed by atoms with Crippen molar-refractivity contribution >= 4 is 20.3 Å². The van der Waals surface area contributed by atoms with Crippen molar-refractivity contribution < 1.29 is 23.9 Å². The van der Waals surface area contributed by atoms with Crippen molar-refractivity contribution in [2.45, 2.75) is 90.3 Å². The molecule has 0 spiro atoms. The summed E-state index contributed by atoms with van der Waals surface area (Å²) in [5, 5.41) is 13.9. The molecule has 1 aliphatic heterocycles. The Labute approximate surface area is 193 Å². The van der Waals surface area contributed by atoms with Gasteiger partial charge in [-0.2, -0.15) is 0 Å². The van der Waals surface area contributed by atoms with E-state index in [-0.39, 0.29) is 17.4 Å². The van der Waals surface area contributed by atoms with E-state index in [1.807, 2.05) is 26.8 Å². The molecule has 1 atom stereocenters. The smallest absolute Gasteiger partial charge is 0.410 e. The summed E-state index contributed by atoms with van der Waals surface area (Å²) >= 11 is 0. The molecule has 0 bridgehead atoms. The van der Waals surface area contributed by atoms with Crippen molar-refractivity contribution in [3.05, 3.63) is 29.8 Å². The molecule has 1 saturated heterocycles.